The van der Waals surface area contributed by atoms with Crippen LogP contribution in [-0.2, 0) is 11.8 Å². The number of benzene rings is 2. The Balaban J connectivity index is 1.56. The summed E-state index contributed by atoms with van der Waals surface area (Å²) in [5, 5.41) is 15.4. The van der Waals surface area contributed by atoms with Crippen LogP contribution in [0.25, 0.3) is 11.0 Å². The molecule has 26 heavy (non-hydrogen) atoms. The highest BCUT2D eigenvalue weighted by Crippen LogP contribution is 2.16. The summed E-state index contributed by atoms with van der Waals surface area (Å²) in [6, 6.07) is 13.9. The number of thioether (sulfide) groups is 1. The molecule has 0 bridgehead atoms. The molecule has 1 amide bonds. The highest BCUT2D eigenvalue weighted by atomic mass is 32.2. The number of nitro benzene ring substituents is 1. The van der Waals surface area contributed by atoms with E-state index in [4.69, 9.17) is 0 Å². The third-order valence-corrected chi connectivity index (χ3v) is 4.69. The lowest BCUT2D eigenvalue weighted by Crippen LogP contribution is -2.30. The van der Waals surface area contributed by atoms with E-state index in [1.807, 2.05) is 35.9 Å². The molecule has 3 rings (SSSR count). The molecule has 132 valence electrons. The fourth-order valence-electron chi connectivity index (χ4n) is 2.38. The maximum Gasteiger partial charge on any atom is 0.317 e. The van der Waals surface area contributed by atoms with Crippen molar-refractivity contribution in [2.45, 2.75) is 5.16 Å². The molecule has 0 spiro atoms. The number of nitro groups is 1. The Morgan fingerprint density at radius 3 is 2.92 bits per heavy atom. The van der Waals surface area contributed by atoms with Crippen LogP contribution in [0.2, 0.25) is 0 Å². The molecule has 0 atom stereocenters. The predicted octanol–water partition coefficient (Wildman–Crippen LogP) is 2.14. The Bertz CT molecular complexity index is 999. The summed E-state index contributed by atoms with van der Waals surface area (Å²) < 4.78 is 1.99. The Morgan fingerprint density at radius 1 is 1.35 bits per heavy atom. The SMILES string of the molecule is C[n+]1c(SCC(=O)NN=Cc2cccc([N+](=O)[O-])c2)[nH]c2ccccc21. The molecule has 0 saturated heterocycles. The normalized spacial score (nSPS) is 11.1. The third kappa shape index (κ3) is 4.06. The molecule has 8 nitrogen and oxygen atoms in total. The van der Waals surface area contributed by atoms with Gasteiger partial charge in [-0.3, -0.25) is 14.9 Å². The second-order valence-electron chi connectivity index (χ2n) is 5.44. The molecular formula is C17H16N5O3S+. The van der Waals surface area contributed by atoms with Crippen LogP contribution < -0.4 is 9.99 Å². The molecule has 0 saturated carbocycles. The van der Waals surface area contributed by atoms with Crippen LogP contribution in [0.1, 0.15) is 5.56 Å². The lowest BCUT2D eigenvalue weighted by Gasteiger charge is -1.98. The first-order valence-corrected chi connectivity index (χ1v) is 8.69. The van der Waals surface area contributed by atoms with Crippen molar-refractivity contribution in [3.05, 3.63) is 64.2 Å². The summed E-state index contributed by atoms with van der Waals surface area (Å²) in [6.45, 7) is 0. The number of carbonyl (C=O) groups excluding carboxylic acids is 1. The second-order valence-corrected chi connectivity index (χ2v) is 6.40. The van der Waals surface area contributed by atoms with E-state index in [1.54, 1.807) is 12.1 Å². The number of nitrogens with one attached hydrogen (secondary N) is 2. The molecular weight excluding hydrogens is 354 g/mol. The van der Waals surface area contributed by atoms with Gasteiger partial charge in [0.05, 0.1) is 23.9 Å². The number of imidazole rings is 1. The Labute approximate surface area is 153 Å². The van der Waals surface area contributed by atoms with E-state index < -0.39 is 4.92 Å². The zero-order valence-electron chi connectivity index (χ0n) is 13.9. The van der Waals surface area contributed by atoms with Gasteiger partial charge in [-0.1, -0.05) is 24.3 Å². The Kier molecular flexibility index (Phi) is 5.28. The van der Waals surface area contributed by atoms with Crippen LogP contribution in [0.3, 0.4) is 0 Å². The number of nitrogens with zero attached hydrogens (tertiary/aromatic N) is 3. The Morgan fingerprint density at radius 2 is 2.15 bits per heavy atom. The number of aromatic amines is 1. The molecule has 1 heterocycles. The van der Waals surface area contributed by atoms with Crippen LogP contribution in [0.5, 0.6) is 0 Å². The molecule has 2 aromatic carbocycles. The van der Waals surface area contributed by atoms with Crippen LogP contribution in [-0.4, -0.2) is 27.8 Å². The summed E-state index contributed by atoms with van der Waals surface area (Å²) >= 11 is 1.37. The average molecular weight is 370 g/mol. The molecule has 0 aliphatic carbocycles. The van der Waals surface area contributed by atoms with Gasteiger partial charge in [0.1, 0.15) is 0 Å². The molecule has 9 heteroatoms. The van der Waals surface area contributed by atoms with Gasteiger partial charge in [0, 0.05) is 17.7 Å². The van der Waals surface area contributed by atoms with Gasteiger partial charge in [-0.2, -0.15) is 5.10 Å². The van der Waals surface area contributed by atoms with Gasteiger partial charge in [-0.25, -0.2) is 15.0 Å². The number of aryl methyl sites for hydroxylation is 1. The van der Waals surface area contributed by atoms with Gasteiger partial charge < -0.3 is 0 Å². The van der Waals surface area contributed by atoms with Gasteiger partial charge in [0.25, 0.3) is 11.6 Å². The molecule has 0 radical (unpaired) electrons. The largest absolute Gasteiger partial charge is 0.317 e. The van der Waals surface area contributed by atoms with Crippen molar-refractivity contribution in [1.29, 1.82) is 0 Å². The zero-order chi connectivity index (χ0) is 18.5. The van der Waals surface area contributed by atoms with Crippen molar-refractivity contribution in [2.75, 3.05) is 5.75 Å². The molecule has 0 fully saturated rings. The minimum Gasteiger partial charge on any atom is -0.272 e. The lowest BCUT2D eigenvalue weighted by molar-refractivity contribution is -0.683. The minimum absolute atomic E-state index is 0.0258. The average Bonchev–Trinajstić information content (AvgIpc) is 2.96. The number of carbonyl (C=O) groups is 1. The zero-order valence-corrected chi connectivity index (χ0v) is 14.7. The molecule has 0 aliphatic rings. The number of aromatic nitrogens is 2. The number of rotatable bonds is 6. The first-order valence-electron chi connectivity index (χ1n) is 7.70. The number of H-pyrrole nitrogens is 1. The van der Waals surface area contributed by atoms with E-state index in [9.17, 15) is 14.9 Å². The highest BCUT2D eigenvalue weighted by molar-refractivity contribution is 7.99. The standard InChI is InChI=1S/C17H15N5O3S/c1-21-15-8-3-2-7-14(15)19-17(21)26-11-16(23)20-18-10-12-5-4-6-13(9-12)22(24)25/h2-10H,11H2,1H3,(H,20,23)/p+1. The summed E-state index contributed by atoms with van der Waals surface area (Å²) in [5.41, 5.74) is 4.99. The van der Waals surface area contributed by atoms with E-state index in [0.717, 1.165) is 16.2 Å². The van der Waals surface area contributed by atoms with Crippen molar-refractivity contribution >= 4 is 40.6 Å². The van der Waals surface area contributed by atoms with Gasteiger partial charge in [-0.05, 0) is 23.9 Å². The van der Waals surface area contributed by atoms with Gasteiger partial charge in [0.15, 0.2) is 11.0 Å². The maximum absolute atomic E-state index is 11.9. The van der Waals surface area contributed by atoms with Crippen molar-refractivity contribution in [3.8, 4) is 0 Å². The number of para-hydroxylation sites is 2. The summed E-state index contributed by atoms with van der Waals surface area (Å²) in [7, 11) is 1.93. The number of hydrogen-bond acceptors (Lipinski definition) is 5. The van der Waals surface area contributed by atoms with E-state index in [1.165, 1.54) is 30.1 Å². The third-order valence-electron chi connectivity index (χ3n) is 3.64. The monoisotopic (exact) mass is 370 g/mol. The number of fused-ring (bicyclic) bond motifs is 1. The van der Waals surface area contributed by atoms with Crippen LogP contribution >= 0.6 is 11.8 Å². The molecule has 2 N–H and O–H groups in total. The van der Waals surface area contributed by atoms with Crippen molar-refractivity contribution in [2.24, 2.45) is 12.1 Å². The van der Waals surface area contributed by atoms with Gasteiger partial charge in [0.2, 0.25) is 0 Å². The minimum atomic E-state index is -0.479. The van der Waals surface area contributed by atoms with Crippen molar-refractivity contribution in [1.82, 2.24) is 10.4 Å². The molecule has 0 aliphatic heterocycles. The number of non-ortho nitro benzene ring substituents is 1. The van der Waals surface area contributed by atoms with Crippen LogP contribution in [0, 0.1) is 10.1 Å². The van der Waals surface area contributed by atoms with Crippen LogP contribution in [0.4, 0.5) is 5.69 Å². The first-order chi connectivity index (χ1) is 12.5. The first kappa shape index (κ1) is 17.6. The van der Waals surface area contributed by atoms with Gasteiger partial charge in [-0.15, -0.1) is 0 Å². The van der Waals surface area contributed by atoms with Crippen molar-refractivity contribution < 1.29 is 14.3 Å². The van der Waals surface area contributed by atoms with Crippen molar-refractivity contribution in [3.63, 3.8) is 0 Å². The summed E-state index contributed by atoms with van der Waals surface area (Å²) in [6.07, 6.45) is 1.37. The second kappa shape index (κ2) is 7.79. The fourth-order valence-corrected chi connectivity index (χ4v) is 3.18. The fraction of sp³-hybridized carbons (Fsp3) is 0.118. The number of amides is 1. The predicted molar refractivity (Wildman–Crippen MR) is 99.0 cm³/mol. The van der Waals surface area contributed by atoms with E-state index >= 15 is 0 Å². The number of hydrogen-bond donors (Lipinski definition) is 2. The van der Waals surface area contributed by atoms with E-state index in [-0.39, 0.29) is 17.3 Å². The Hall–Kier alpha value is -3.20. The van der Waals surface area contributed by atoms with Gasteiger partial charge >= 0.3 is 5.16 Å². The van der Waals surface area contributed by atoms with Crippen LogP contribution in [0.15, 0.2) is 58.8 Å². The summed E-state index contributed by atoms with van der Waals surface area (Å²) in [5.74, 6) is -0.0808. The quantitative estimate of drug-likeness (QED) is 0.228. The molecule has 1 aromatic heterocycles. The van der Waals surface area contributed by atoms with E-state index in [2.05, 4.69) is 15.5 Å². The maximum atomic E-state index is 11.9. The highest BCUT2D eigenvalue weighted by Gasteiger charge is 2.16. The molecule has 3 aromatic rings. The summed E-state index contributed by atoms with van der Waals surface area (Å²) in [4.78, 5) is 25.4. The van der Waals surface area contributed by atoms with E-state index in [0.29, 0.717) is 5.56 Å². The number of hydrazone groups is 1. The topological polar surface area (TPSA) is 104 Å². The smallest absolute Gasteiger partial charge is 0.272 e. The molecule has 0 unspecified atom stereocenters. The lowest BCUT2D eigenvalue weighted by atomic mass is 10.2.